The maximum atomic E-state index is 11.3. The standard InChI is InChI=1S/C12H16ClN3O3/c1-3-7-8(10(17)18)9(16-11(13)15-7)14-4-12(2)5-19-6-12/h3-6H2,1-2H3,(H,17,18)(H,14,15,16). The molecule has 1 aliphatic heterocycles. The van der Waals surface area contributed by atoms with E-state index in [9.17, 15) is 9.90 Å². The van der Waals surface area contributed by atoms with E-state index in [1.54, 1.807) is 0 Å². The number of ether oxygens (including phenoxy) is 1. The largest absolute Gasteiger partial charge is 0.477 e. The van der Waals surface area contributed by atoms with Gasteiger partial charge in [-0.05, 0) is 18.0 Å². The number of aromatic nitrogens is 2. The molecule has 0 amide bonds. The number of aryl methyl sites for hydroxylation is 1. The van der Waals surface area contributed by atoms with Crippen LogP contribution in [0.1, 0.15) is 29.9 Å². The summed E-state index contributed by atoms with van der Waals surface area (Å²) >= 11 is 5.82. The van der Waals surface area contributed by atoms with Gasteiger partial charge in [-0.3, -0.25) is 0 Å². The molecule has 7 heteroatoms. The average molecular weight is 286 g/mol. The third-order valence-electron chi connectivity index (χ3n) is 3.09. The van der Waals surface area contributed by atoms with E-state index in [1.807, 2.05) is 6.92 Å². The van der Waals surface area contributed by atoms with E-state index >= 15 is 0 Å². The van der Waals surface area contributed by atoms with Gasteiger partial charge in [0, 0.05) is 12.0 Å². The maximum Gasteiger partial charge on any atom is 0.341 e. The second-order valence-corrected chi connectivity index (χ2v) is 5.32. The quantitative estimate of drug-likeness (QED) is 0.803. The Morgan fingerprint density at radius 2 is 2.21 bits per heavy atom. The lowest BCUT2D eigenvalue weighted by molar-refractivity contribution is -0.0924. The number of halogens is 1. The fraction of sp³-hybridized carbons (Fsp3) is 0.583. The first-order valence-electron chi connectivity index (χ1n) is 6.06. The van der Waals surface area contributed by atoms with E-state index in [2.05, 4.69) is 22.2 Å². The maximum absolute atomic E-state index is 11.3. The van der Waals surface area contributed by atoms with Gasteiger partial charge in [-0.25, -0.2) is 9.78 Å². The van der Waals surface area contributed by atoms with Gasteiger partial charge in [0.2, 0.25) is 5.28 Å². The van der Waals surface area contributed by atoms with Gasteiger partial charge >= 0.3 is 5.97 Å². The number of aromatic carboxylic acids is 1. The van der Waals surface area contributed by atoms with Crippen molar-refractivity contribution in [2.75, 3.05) is 25.1 Å². The van der Waals surface area contributed by atoms with Crippen molar-refractivity contribution in [1.82, 2.24) is 9.97 Å². The molecule has 2 rings (SSSR count). The first-order valence-corrected chi connectivity index (χ1v) is 6.44. The van der Waals surface area contributed by atoms with Gasteiger partial charge < -0.3 is 15.2 Å². The number of hydrogen-bond donors (Lipinski definition) is 2. The predicted molar refractivity (Wildman–Crippen MR) is 70.8 cm³/mol. The number of anilines is 1. The van der Waals surface area contributed by atoms with Crippen LogP contribution in [0.3, 0.4) is 0 Å². The summed E-state index contributed by atoms with van der Waals surface area (Å²) in [6.45, 7) is 5.79. The van der Waals surface area contributed by atoms with Crippen molar-refractivity contribution < 1.29 is 14.6 Å². The van der Waals surface area contributed by atoms with Crippen molar-refractivity contribution in [1.29, 1.82) is 0 Å². The number of carbonyl (C=O) groups is 1. The molecular weight excluding hydrogens is 270 g/mol. The molecule has 0 aliphatic carbocycles. The summed E-state index contributed by atoms with van der Waals surface area (Å²) in [4.78, 5) is 19.3. The van der Waals surface area contributed by atoms with Crippen LogP contribution in [0.5, 0.6) is 0 Å². The third-order valence-corrected chi connectivity index (χ3v) is 3.26. The lowest BCUT2D eigenvalue weighted by atomic mass is 9.89. The highest BCUT2D eigenvalue weighted by molar-refractivity contribution is 6.28. The van der Waals surface area contributed by atoms with E-state index < -0.39 is 5.97 Å². The fourth-order valence-corrected chi connectivity index (χ4v) is 2.12. The Hall–Kier alpha value is -1.40. The van der Waals surface area contributed by atoms with E-state index in [-0.39, 0.29) is 22.1 Å². The molecule has 0 aromatic carbocycles. The van der Waals surface area contributed by atoms with Crippen molar-refractivity contribution >= 4 is 23.4 Å². The van der Waals surface area contributed by atoms with E-state index in [0.29, 0.717) is 31.9 Å². The van der Waals surface area contributed by atoms with Crippen LogP contribution < -0.4 is 5.32 Å². The summed E-state index contributed by atoms with van der Waals surface area (Å²) in [5.41, 5.74) is 0.542. The molecule has 19 heavy (non-hydrogen) atoms. The summed E-state index contributed by atoms with van der Waals surface area (Å²) in [5, 5.41) is 12.4. The first-order chi connectivity index (χ1) is 8.95. The summed E-state index contributed by atoms with van der Waals surface area (Å²) in [7, 11) is 0. The Morgan fingerprint density at radius 1 is 1.53 bits per heavy atom. The highest BCUT2D eigenvalue weighted by Gasteiger charge is 2.33. The minimum atomic E-state index is -1.05. The lowest BCUT2D eigenvalue weighted by Gasteiger charge is -2.38. The topological polar surface area (TPSA) is 84.3 Å². The minimum Gasteiger partial charge on any atom is -0.477 e. The monoisotopic (exact) mass is 285 g/mol. The zero-order valence-corrected chi connectivity index (χ0v) is 11.6. The molecule has 0 atom stereocenters. The highest BCUT2D eigenvalue weighted by Crippen LogP contribution is 2.28. The van der Waals surface area contributed by atoms with Gasteiger partial charge in [0.05, 0.1) is 18.9 Å². The highest BCUT2D eigenvalue weighted by atomic mass is 35.5. The zero-order valence-electron chi connectivity index (χ0n) is 10.9. The van der Waals surface area contributed by atoms with E-state index in [0.717, 1.165) is 0 Å². The molecule has 0 unspecified atom stereocenters. The molecule has 1 aromatic heterocycles. The van der Waals surface area contributed by atoms with Gasteiger partial charge in [0.1, 0.15) is 11.4 Å². The second kappa shape index (κ2) is 5.30. The molecule has 104 valence electrons. The number of nitrogens with one attached hydrogen (secondary N) is 1. The minimum absolute atomic E-state index is 0.0135. The Kier molecular flexibility index (Phi) is 3.91. The van der Waals surface area contributed by atoms with Crippen LogP contribution in [-0.2, 0) is 11.2 Å². The molecule has 0 spiro atoms. The smallest absolute Gasteiger partial charge is 0.341 e. The third kappa shape index (κ3) is 2.96. The molecule has 0 saturated carbocycles. The Morgan fingerprint density at radius 3 is 2.68 bits per heavy atom. The zero-order chi connectivity index (χ0) is 14.0. The van der Waals surface area contributed by atoms with Crippen LogP contribution >= 0.6 is 11.6 Å². The van der Waals surface area contributed by atoms with Gasteiger partial charge in [-0.2, -0.15) is 4.98 Å². The molecule has 1 aliphatic rings. The number of carboxylic acids is 1. The lowest BCUT2D eigenvalue weighted by Crippen LogP contribution is -2.45. The summed E-state index contributed by atoms with van der Waals surface area (Å²) < 4.78 is 5.16. The molecule has 1 saturated heterocycles. The molecule has 2 N–H and O–H groups in total. The van der Waals surface area contributed by atoms with Crippen LogP contribution in [0.4, 0.5) is 5.82 Å². The van der Waals surface area contributed by atoms with Crippen LogP contribution in [0, 0.1) is 5.41 Å². The number of hydrogen-bond acceptors (Lipinski definition) is 5. The molecule has 6 nitrogen and oxygen atoms in total. The second-order valence-electron chi connectivity index (χ2n) is 4.98. The van der Waals surface area contributed by atoms with Gasteiger partial charge in [0.25, 0.3) is 0 Å². The van der Waals surface area contributed by atoms with Gasteiger partial charge in [-0.1, -0.05) is 13.8 Å². The first kappa shape index (κ1) is 14.0. The summed E-state index contributed by atoms with van der Waals surface area (Å²) in [5.74, 6) is -0.775. The number of rotatable bonds is 5. The molecule has 1 aromatic rings. The predicted octanol–water partition coefficient (Wildman–Crippen LogP) is 1.84. The van der Waals surface area contributed by atoms with Crippen LogP contribution in [0.15, 0.2) is 0 Å². The van der Waals surface area contributed by atoms with E-state index in [4.69, 9.17) is 16.3 Å². The van der Waals surface area contributed by atoms with Crippen LogP contribution in [0.2, 0.25) is 5.28 Å². The van der Waals surface area contributed by atoms with Crippen LogP contribution in [0.25, 0.3) is 0 Å². The Labute approximate surface area is 116 Å². The van der Waals surface area contributed by atoms with Gasteiger partial charge in [-0.15, -0.1) is 0 Å². The van der Waals surface area contributed by atoms with Gasteiger partial charge in [0.15, 0.2) is 0 Å². The van der Waals surface area contributed by atoms with Crippen molar-refractivity contribution in [2.24, 2.45) is 5.41 Å². The van der Waals surface area contributed by atoms with Crippen molar-refractivity contribution in [3.05, 3.63) is 16.5 Å². The van der Waals surface area contributed by atoms with Crippen LogP contribution in [-0.4, -0.2) is 40.8 Å². The average Bonchev–Trinajstić information content (AvgIpc) is 2.32. The van der Waals surface area contributed by atoms with Crippen molar-refractivity contribution in [3.8, 4) is 0 Å². The molecular formula is C12H16ClN3O3. The summed E-state index contributed by atoms with van der Waals surface area (Å²) in [6, 6.07) is 0. The number of carboxylic acid groups (broad SMARTS) is 1. The number of nitrogens with zero attached hydrogens (tertiary/aromatic N) is 2. The molecule has 0 bridgehead atoms. The summed E-state index contributed by atoms with van der Waals surface area (Å²) in [6.07, 6.45) is 0.485. The molecule has 1 fully saturated rings. The molecule has 0 radical (unpaired) electrons. The van der Waals surface area contributed by atoms with Crippen molar-refractivity contribution in [3.63, 3.8) is 0 Å². The fourth-order valence-electron chi connectivity index (χ4n) is 1.94. The van der Waals surface area contributed by atoms with E-state index in [1.165, 1.54) is 0 Å². The normalized spacial score (nSPS) is 16.8. The Balaban J connectivity index is 2.26. The SMILES string of the molecule is CCc1nc(Cl)nc(NCC2(C)COC2)c1C(=O)O. The van der Waals surface area contributed by atoms with Crippen molar-refractivity contribution in [2.45, 2.75) is 20.3 Å². The molecule has 2 heterocycles. The Bertz CT molecular complexity index is 503.